The fraction of sp³-hybridized carbons (Fsp3) is 0.118. The van der Waals surface area contributed by atoms with Crippen LogP contribution in [0.25, 0.3) is 0 Å². The van der Waals surface area contributed by atoms with Crippen LogP contribution in [0.4, 0.5) is 5.69 Å². The Morgan fingerprint density at radius 3 is 2.52 bits per heavy atom. The monoisotopic (exact) mass is 391 g/mol. The number of amidine groups is 1. The molecule has 0 saturated heterocycles. The van der Waals surface area contributed by atoms with Crippen LogP contribution < -0.4 is 15.1 Å². The first-order chi connectivity index (χ1) is 12.7. The summed E-state index contributed by atoms with van der Waals surface area (Å²) in [5, 5.41) is 7.46. The molecule has 10 heteroatoms. The number of hydrogen-bond acceptors (Lipinski definition) is 7. The fourth-order valence-corrected chi connectivity index (χ4v) is 3.10. The van der Waals surface area contributed by atoms with E-state index in [1.54, 1.807) is 30.3 Å². The Balaban J connectivity index is 1.95. The van der Waals surface area contributed by atoms with Crippen LogP contribution in [-0.4, -0.2) is 31.3 Å². The van der Waals surface area contributed by atoms with Crippen molar-refractivity contribution in [1.82, 2.24) is 5.32 Å². The van der Waals surface area contributed by atoms with Gasteiger partial charge in [0.2, 0.25) is 5.91 Å². The van der Waals surface area contributed by atoms with Crippen molar-refractivity contribution < 1.29 is 28.0 Å². The maximum Gasteiger partial charge on any atom is 0.255 e. The topological polar surface area (TPSA) is 132 Å². The number of carbonyl (C=O) groups excluding carboxylic acids is 2. The lowest BCUT2D eigenvalue weighted by Gasteiger charge is -2.24. The largest absolute Gasteiger partial charge is 0.456 e. The molecule has 0 saturated carbocycles. The lowest BCUT2D eigenvalue weighted by Crippen LogP contribution is -2.27. The number of benzene rings is 2. The van der Waals surface area contributed by atoms with Crippen molar-refractivity contribution in [1.29, 1.82) is 0 Å². The highest BCUT2D eigenvalue weighted by atomic mass is 32.3. The molecule has 0 aromatic heterocycles. The van der Waals surface area contributed by atoms with Gasteiger partial charge in [0.15, 0.2) is 0 Å². The molecule has 0 bridgehead atoms. The summed E-state index contributed by atoms with van der Waals surface area (Å²) in [5.74, 6) is -0.158. The molecule has 2 aromatic rings. The van der Waals surface area contributed by atoms with E-state index in [2.05, 4.69) is 10.4 Å². The molecule has 1 aliphatic heterocycles. The van der Waals surface area contributed by atoms with Crippen LogP contribution in [0.3, 0.4) is 0 Å². The number of para-hydroxylation sites is 1. The Bertz CT molecular complexity index is 911. The zero-order chi connectivity index (χ0) is 19.6. The molecular weight excluding hydrogens is 374 g/mol. The molecule has 0 aliphatic carbocycles. The Hall–Kier alpha value is -2.92. The summed E-state index contributed by atoms with van der Waals surface area (Å²) in [7, 11) is -4.14. The van der Waals surface area contributed by atoms with Gasteiger partial charge in [0.25, 0.3) is 5.91 Å². The molecule has 2 aromatic carbocycles. The molecule has 27 heavy (non-hydrogen) atoms. The Labute approximate surface area is 156 Å². The third-order valence-corrected chi connectivity index (χ3v) is 4.44. The predicted molar refractivity (Wildman–Crippen MR) is 100 cm³/mol. The minimum atomic E-state index is -4.14. The number of carbonyl (C=O) groups is 2. The van der Waals surface area contributed by atoms with Gasteiger partial charge in [0.1, 0.15) is 33.1 Å². The van der Waals surface area contributed by atoms with Crippen molar-refractivity contribution in [3.05, 3.63) is 48.5 Å². The lowest BCUT2D eigenvalue weighted by molar-refractivity contribution is -0.117. The second-order valence-electron chi connectivity index (χ2n) is 5.68. The SMILES string of the molecule is CC(=O)NC1=NN(c2ccc(Oc3ccccc3)c(S(O)(O)O)c2)C(=O)C1. The van der Waals surface area contributed by atoms with Gasteiger partial charge >= 0.3 is 0 Å². The van der Waals surface area contributed by atoms with Crippen molar-refractivity contribution in [3.8, 4) is 11.5 Å². The van der Waals surface area contributed by atoms with Gasteiger partial charge in [-0.2, -0.15) is 10.1 Å². The standard InChI is InChI=1S/C17H17N3O6S/c1-11(21)18-16-10-17(22)20(19-16)12-7-8-14(15(9-12)27(23,24)25)26-13-5-3-2-4-6-13/h2-9,23-25H,10H2,1H3,(H,18,19,21). The number of rotatable bonds is 4. The Morgan fingerprint density at radius 1 is 1.19 bits per heavy atom. The Morgan fingerprint density at radius 2 is 1.89 bits per heavy atom. The van der Waals surface area contributed by atoms with E-state index in [-0.39, 0.29) is 34.5 Å². The number of amides is 2. The van der Waals surface area contributed by atoms with Crippen LogP contribution >= 0.6 is 10.9 Å². The van der Waals surface area contributed by atoms with Crippen LogP contribution in [0.2, 0.25) is 0 Å². The van der Waals surface area contributed by atoms with E-state index in [9.17, 15) is 23.2 Å². The van der Waals surface area contributed by atoms with Crippen LogP contribution in [0.15, 0.2) is 58.5 Å². The molecule has 0 radical (unpaired) electrons. The van der Waals surface area contributed by atoms with E-state index in [0.717, 1.165) is 5.01 Å². The summed E-state index contributed by atoms with van der Waals surface area (Å²) in [6.45, 7) is 1.30. The maximum atomic E-state index is 12.2. The first kappa shape index (κ1) is 18.9. The second kappa shape index (κ2) is 7.37. The summed E-state index contributed by atoms with van der Waals surface area (Å²) in [6.07, 6.45) is -0.105. The number of hydrogen-bond donors (Lipinski definition) is 4. The van der Waals surface area contributed by atoms with Gasteiger partial charge in [-0.05, 0) is 30.3 Å². The number of nitrogens with one attached hydrogen (secondary N) is 1. The average molecular weight is 391 g/mol. The van der Waals surface area contributed by atoms with E-state index in [1.807, 2.05) is 0 Å². The third kappa shape index (κ3) is 4.44. The minimum absolute atomic E-state index is 0.0187. The first-order valence-electron chi connectivity index (χ1n) is 7.79. The van der Waals surface area contributed by atoms with Gasteiger partial charge in [-0.1, -0.05) is 18.2 Å². The van der Waals surface area contributed by atoms with Gasteiger partial charge in [-0.15, -0.1) is 0 Å². The van der Waals surface area contributed by atoms with Gasteiger partial charge < -0.3 is 23.7 Å². The maximum absolute atomic E-state index is 12.2. The summed E-state index contributed by atoms with van der Waals surface area (Å²) in [4.78, 5) is 23.0. The fourth-order valence-electron chi connectivity index (χ4n) is 2.45. The molecule has 0 fully saturated rings. The minimum Gasteiger partial charge on any atom is -0.456 e. The molecule has 1 heterocycles. The summed E-state index contributed by atoms with van der Waals surface area (Å²) < 4.78 is 34.9. The lowest BCUT2D eigenvalue weighted by atomic mass is 10.2. The molecular formula is C17H17N3O6S. The van der Waals surface area contributed by atoms with Gasteiger partial charge in [0, 0.05) is 6.92 Å². The number of anilines is 1. The number of hydrazone groups is 1. The van der Waals surface area contributed by atoms with Crippen LogP contribution in [0.5, 0.6) is 11.5 Å². The van der Waals surface area contributed by atoms with Crippen LogP contribution in [0.1, 0.15) is 13.3 Å². The normalized spacial score (nSPS) is 14.7. The zero-order valence-corrected chi connectivity index (χ0v) is 15.0. The van der Waals surface area contributed by atoms with Crippen molar-refractivity contribution in [2.24, 2.45) is 5.10 Å². The molecule has 1 aliphatic rings. The number of ether oxygens (including phenoxy) is 1. The van der Waals surface area contributed by atoms with Gasteiger partial charge in [-0.3, -0.25) is 9.59 Å². The Kier molecular flexibility index (Phi) is 5.15. The summed E-state index contributed by atoms with van der Waals surface area (Å²) in [6, 6.07) is 12.7. The van der Waals surface area contributed by atoms with Crippen molar-refractivity contribution in [2.45, 2.75) is 18.2 Å². The third-order valence-electron chi connectivity index (χ3n) is 3.53. The summed E-state index contributed by atoms with van der Waals surface area (Å²) >= 11 is 0. The quantitative estimate of drug-likeness (QED) is 0.633. The van der Waals surface area contributed by atoms with Crippen molar-refractivity contribution >= 4 is 34.2 Å². The van der Waals surface area contributed by atoms with Gasteiger partial charge in [0.05, 0.1) is 12.1 Å². The van der Waals surface area contributed by atoms with Crippen LogP contribution in [0, 0.1) is 0 Å². The number of nitrogens with zero attached hydrogens (tertiary/aromatic N) is 2. The molecule has 3 rings (SSSR count). The van der Waals surface area contributed by atoms with E-state index in [1.165, 1.54) is 25.1 Å². The van der Waals surface area contributed by atoms with E-state index in [0.29, 0.717) is 5.75 Å². The molecule has 0 spiro atoms. The predicted octanol–water partition coefficient (Wildman–Crippen LogP) is 3.25. The molecule has 4 N–H and O–H groups in total. The smallest absolute Gasteiger partial charge is 0.255 e. The highest BCUT2D eigenvalue weighted by molar-refractivity contribution is 8.19. The van der Waals surface area contributed by atoms with E-state index in [4.69, 9.17) is 4.74 Å². The van der Waals surface area contributed by atoms with Gasteiger partial charge in [-0.25, -0.2) is 0 Å². The van der Waals surface area contributed by atoms with E-state index >= 15 is 0 Å². The summed E-state index contributed by atoms with van der Waals surface area (Å²) in [5.41, 5.74) is 0.185. The first-order valence-corrected chi connectivity index (χ1v) is 9.30. The molecule has 0 atom stereocenters. The second-order valence-corrected chi connectivity index (χ2v) is 7.15. The highest BCUT2D eigenvalue weighted by Crippen LogP contribution is 2.51. The molecule has 2 amide bonds. The molecule has 0 unspecified atom stereocenters. The molecule has 142 valence electrons. The van der Waals surface area contributed by atoms with Crippen molar-refractivity contribution in [2.75, 3.05) is 5.01 Å². The molecule has 9 nitrogen and oxygen atoms in total. The zero-order valence-electron chi connectivity index (χ0n) is 14.2. The average Bonchev–Trinajstić information content (AvgIpc) is 2.94. The highest BCUT2D eigenvalue weighted by Gasteiger charge is 2.29. The van der Waals surface area contributed by atoms with E-state index < -0.39 is 16.8 Å². The van der Waals surface area contributed by atoms with Crippen molar-refractivity contribution in [3.63, 3.8) is 0 Å². The van der Waals surface area contributed by atoms with Crippen LogP contribution in [-0.2, 0) is 9.59 Å².